The van der Waals surface area contributed by atoms with Gasteiger partial charge in [0.2, 0.25) is 0 Å². The number of ether oxygens (including phenoxy) is 1. The molecule has 0 fully saturated rings. The van der Waals surface area contributed by atoms with Gasteiger partial charge in [-0.05, 0) is 30.5 Å². The first-order valence-corrected chi connectivity index (χ1v) is 9.49. The van der Waals surface area contributed by atoms with Gasteiger partial charge in [0, 0.05) is 18.7 Å². The molecule has 2 N–H and O–H groups in total. The Hall–Kier alpha value is -1.35. The predicted molar refractivity (Wildman–Crippen MR) is 116 cm³/mol. The molecule has 1 heterocycles. The van der Waals surface area contributed by atoms with Crippen molar-refractivity contribution in [2.45, 2.75) is 6.42 Å². The zero-order valence-corrected chi connectivity index (χ0v) is 17.6. The van der Waals surface area contributed by atoms with Crippen LogP contribution in [0, 0.1) is 0 Å². The number of nitrogens with one attached hydrogen (secondary N) is 2. The smallest absolute Gasteiger partial charge is 0.191 e. The maximum Gasteiger partial charge on any atom is 0.191 e. The van der Waals surface area contributed by atoms with E-state index in [2.05, 4.69) is 21.9 Å². The van der Waals surface area contributed by atoms with Crippen LogP contribution in [0.1, 0.15) is 5.76 Å². The average molecular weight is 475 g/mol. The summed E-state index contributed by atoms with van der Waals surface area (Å²) in [4.78, 5) is 4.56. The van der Waals surface area contributed by atoms with Gasteiger partial charge in [-0.1, -0.05) is 18.2 Å². The summed E-state index contributed by atoms with van der Waals surface area (Å²) in [5.74, 6) is 3.67. The fraction of sp³-hybridized carbons (Fsp3) is 0.389. The number of guanidine groups is 1. The lowest BCUT2D eigenvalue weighted by atomic mass is 10.3. The Morgan fingerprint density at radius 3 is 2.64 bits per heavy atom. The van der Waals surface area contributed by atoms with Crippen LogP contribution in [0.25, 0.3) is 0 Å². The first kappa shape index (κ1) is 21.7. The molecule has 1 aromatic heterocycles. The molecule has 0 atom stereocenters. The maximum atomic E-state index is 5.68. The minimum absolute atomic E-state index is 0. The molecule has 5 nitrogen and oxygen atoms in total. The van der Waals surface area contributed by atoms with Crippen LogP contribution in [0.15, 0.2) is 58.1 Å². The Labute approximate surface area is 171 Å². The molecule has 0 unspecified atom stereocenters. The number of aliphatic imine (C=N–C) groups is 1. The molecule has 0 aliphatic carbocycles. The van der Waals surface area contributed by atoms with Gasteiger partial charge in [0.25, 0.3) is 0 Å². The molecule has 7 heteroatoms. The molecule has 2 rings (SSSR count). The Balaban J connectivity index is 0.00000312. The van der Waals surface area contributed by atoms with E-state index in [1.807, 2.05) is 42.5 Å². The summed E-state index contributed by atoms with van der Waals surface area (Å²) in [6.45, 7) is 2.85. The number of rotatable bonds is 10. The number of hydrogen-bond donors (Lipinski definition) is 2. The second kappa shape index (κ2) is 13.9. The molecule has 0 saturated carbocycles. The Bertz CT molecular complexity index is 579. The first-order valence-electron chi connectivity index (χ1n) is 8.10. The monoisotopic (exact) mass is 475 g/mol. The molecule has 0 aliphatic rings. The number of benzene rings is 1. The summed E-state index contributed by atoms with van der Waals surface area (Å²) in [5, 5.41) is 6.63. The molecule has 0 amide bonds. The van der Waals surface area contributed by atoms with Crippen LogP contribution < -0.4 is 15.4 Å². The van der Waals surface area contributed by atoms with Crippen molar-refractivity contribution in [2.24, 2.45) is 4.99 Å². The minimum Gasteiger partial charge on any atom is -0.492 e. The molecule has 138 valence electrons. The van der Waals surface area contributed by atoms with Crippen LogP contribution in [-0.4, -0.2) is 44.2 Å². The van der Waals surface area contributed by atoms with Crippen molar-refractivity contribution in [3.05, 3.63) is 54.5 Å². The molecule has 0 radical (unpaired) electrons. The number of hydrogen-bond acceptors (Lipinski definition) is 4. The number of thioether (sulfide) groups is 1. The van der Waals surface area contributed by atoms with E-state index in [0.29, 0.717) is 13.2 Å². The van der Waals surface area contributed by atoms with Crippen molar-refractivity contribution in [3.63, 3.8) is 0 Å². The summed E-state index contributed by atoms with van der Waals surface area (Å²) in [6, 6.07) is 13.7. The van der Waals surface area contributed by atoms with E-state index in [4.69, 9.17) is 9.15 Å². The lowest BCUT2D eigenvalue weighted by molar-refractivity contribution is 0.322. The molecule has 0 saturated heterocycles. The lowest BCUT2D eigenvalue weighted by Gasteiger charge is -2.13. The van der Waals surface area contributed by atoms with E-state index in [0.717, 1.165) is 42.7 Å². The SMILES string of the molecule is CSCCN=C(NCCOc1ccccc1)NCCc1ccco1.I. The third-order valence-corrected chi connectivity index (χ3v) is 3.81. The zero-order chi connectivity index (χ0) is 16.9. The Morgan fingerprint density at radius 1 is 1.12 bits per heavy atom. The summed E-state index contributed by atoms with van der Waals surface area (Å²) in [7, 11) is 0. The van der Waals surface area contributed by atoms with Gasteiger partial charge in [-0.25, -0.2) is 0 Å². The number of halogens is 1. The highest BCUT2D eigenvalue weighted by atomic mass is 127. The summed E-state index contributed by atoms with van der Waals surface area (Å²) in [5.41, 5.74) is 0. The molecule has 0 spiro atoms. The van der Waals surface area contributed by atoms with Crippen LogP contribution in [-0.2, 0) is 6.42 Å². The van der Waals surface area contributed by atoms with Gasteiger partial charge in [0.1, 0.15) is 18.1 Å². The number of nitrogens with zero attached hydrogens (tertiary/aromatic N) is 1. The van der Waals surface area contributed by atoms with Gasteiger partial charge < -0.3 is 19.8 Å². The van der Waals surface area contributed by atoms with Gasteiger partial charge >= 0.3 is 0 Å². The molecular formula is C18H26IN3O2S. The van der Waals surface area contributed by atoms with Crippen LogP contribution in [0.2, 0.25) is 0 Å². The van der Waals surface area contributed by atoms with Gasteiger partial charge in [-0.15, -0.1) is 24.0 Å². The second-order valence-corrected chi connectivity index (χ2v) is 6.05. The van der Waals surface area contributed by atoms with E-state index in [1.165, 1.54) is 0 Å². The van der Waals surface area contributed by atoms with E-state index in [-0.39, 0.29) is 24.0 Å². The summed E-state index contributed by atoms with van der Waals surface area (Å²) >= 11 is 1.79. The van der Waals surface area contributed by atoms with Crippen LogP contribution >= 0.6 is 35.7 Å². The van der Waals surface area contributed by atoms with Crippen molar-refractivity contribution >= 4 is 41.7 Å². The summed E-state index contributed by atoms with van der Waals surface area (Å²) < 4.78 is 11.0. The average Bonchev–Trinajstić information content (AvgIpc) is 3.13. The molecule has 1 aromatic carbocycles. The van der Waals surface area contributed by atoms with Crippen molar-refractivity contribution < 1.29 is 9.15 Å². The lowest BCUT2D eigenvalue weighted by Crippen LogP contribution is -2.40. The van der Waals surface area contributed by atoms with E-state index >= 15 is 0 Å². The van der Waals surface area contributed by atoms with Crippen LogP contribution in [0.5, 0.6) is 5.75 Å². The standard InChI is InChI=1S/C18H25N3O2S.HI/c1-24-15-12-21-18(19-10-9-17-8-5-13-22-17)20-11-14-23-16-6-3-2-4-7-16;/h2-8,13H,9-12,14-15H2,1H3,(H2,19,20,21);1H. The third kappa shape index (κ3) is 9.64. The van der Waals surface area contributed by atoms with Crippen molar-refractivity contribution in [1.29, 1.82) is 0 Å². The Kier molecular flexibility index (Phi) is 12.0. The quantitative estimate of drug-likeness (QED) is 0.239. The van der Waals surface area contributed by atoms with Gasteiger partial charge in [-0.3, -0.25) is 4.99 Å². The maximum absolute atomic E-state index is 5.68. The minimum atomic E-state index is 0. The molecular weight excluding hydrogens is 449 g/mol. The van der Waals surface area contributed by atoms with Crippen molar-refractivity contribution in [2.75, 3.05) is 38.2 Å². The number of para-hydroxylation sites is 1. The normalized spacial score (nSPS) is 10.8. The van der Waals surface area contributed by atoms with Crippen molar-refractivity contribution in [3.8, 4) is 5.75 Å². The highest BCUT2D eigenvalue weighted by molar-refractivity contribution is 14.0. The van der Waals surface area contributed by atoms with Crippen LogP contribution in [0.4, 0.5) is 0 Å². The topological polar surface area (TPSA) is 58.8 Å². The molecule has 2 aromatic rings. The predicted octanol–water partition coefficient (Wildman–Crippen LogP) is 3.42. The Morgan fingerprint density at radius 2 is 1.92 bits per heavy atom. The first-order chi connectivity index (χ1) is 11.9. The largest absolute Gasteiger partial charge is 0.492 e. The second-order valence-electron chi connectivity index (χ2n) is 5.07. The molecule has 25 heavy (non-hydrogen) atoms. The molecule has 0 aliphatic heterocycles. The third-order valence-electron chi connectivity index (χ3n) is 3.22. The van der Waals surface area contributed by atoms with Crippen LogP contribution in [0.3, 0.4) is 0 Å². The van der Waals surface area contributed by atoms with E-state index in [9.17, 15) is 0 Å². The highest BCUT2D eigenvalue weighted by Gasteiger charge is 2.00. The fourth-order valence-electron chi connectivity index (χ4n) is 2.04. The number of furan rings is 1. The van der Waals surface area contributed by atoms with Gasteiger partial charge in [0.05, 0.1) is 19.4 Å². The van der Waals surface area contributed by atoms with E-state index < -0.39 is 0 Å². The van der Waals surface area contributed by atoms with E-state index in [1.54, 1.807) is 18.0 Å². The van der Waals surface area contributed by atoms with Crippen molar-refractivity contribution in [1.82, 2.24) is 10.6 Å². The van der Waals surface area contributed by atoms with Gasteiger partial charge in [-0.2, -0.15) is 11.8 Å². The fourth-order valence-corrected chi connectivity index (χ4v) is 2.31. The summed E-state index contributed by atoms with van der Waals surface area (Å²) in [6.07, 6.45) is 4.61. The highest BCUT2D eigenvalue weighted by Crippen LogP contribution is 2.07. The molecule has 0 bridgehead atoms. The van der Waals surface area contributed by atoms with Gasteiger partial charge in [0.15, 0.2) is 5.96 Å². The zero-order valence-electron chi connectivity index (χ0n) is 14.4.